The van der Waals surface area contributed by atoms with E-state index in [2.05, 4.69) is 76.5 Å². The van der Waals surface area contributed by atoms with Crippen LogP contribution in [0.5, 0.6) is 5.75 Å². The van der Waals surface area contributed by atoms with E-state index in [-0.39, 0.29) is 57.4 Å². The second-order valence-corrected chi connectivity index (χ2v) is 19.9. The minimum absolute atomic E-state index is 0.0677. The first-order valence-electron chi connectivity index (χ1n) is 20.7. The Balaban J connectivity index is 1.09. The number of carboxylic acid groups (broad SMARTS) is 1. The normalized spacial score (nSPS) is 40.4. The Kier molecular flexibility index (Phi) is 9.62. The van der Waals surface area contributed by atoms with Crippen molar-refractivity contribution < 1.29 is 29.0 Å². The van der Waals surface area contributed by atoms with Crippen LogP contribution in [0.2, 0.25) is 0 Å². The number of carbonyl (C=O) groups is 3. The summed E-state index contributed by atoms with van der Waals surface area (Å²) in [6.45, 7) is 20.3. The standard InChI is InChI=1S/C45H66N2O6/c1-40(2)34-17-20-45(7)35(43(34,5)19-18-36(40)53-38(50)16-15-37(48)49)14-13-30-31-29-42(4,22-21-41(31,3)23-24-44(30,45)6)39(51)47-27-25-46(26-28-47)32-11-9-10-12-33(32)52-8/h9-13,31,34-36H,14-29H2,1-8H3,(H,48,49)/t31-,34-,35+,36-,41+,42-,43-,44+,45+/m0/s1. The number of carbonyl (C=O) groups excluding carboxylic acids is 2. The molecule has 1 saturated heterocycles. The van der Waals surface area contributed by atoms with Crippen molar-refractivity contribution in [3.8, 4) is 5.75 Å². The number of methoxy groups -OCH3 is 1. The van der Waals surface area contributed by atoms with Gasteiger partial charge in [0.2, 0.25) is 5.91 Å². The molecule has 1 aromatic carbocycles. The first-order chi connectivity index (χ1) is 24.9. The van der Waals surface area contributed by atoms with Crippen LogP contribution >= 0.6 is 0 Å². The molecular formula is C45H66N2O6. The number of benzene rings is 1. The molecular weight excluding hydrogens is 665 g/mol. The topological polar surface area (TPSA) is 96.4 Å². The van der Waals surface area contributed by atoms with E-state index in [1.807, 2.05) is 12.1 Å². The van der Waals surface area contributed by atoms with Gasteiger partial charge >= 0.3 is 11.9 Å². The molecule has 5 aliphatic carbocycles. The molecule has 5 fully saturated rings. The smallest absolute Gasteiger partial charge is 0.306 e. The van der Waals surface area contributed by atoms with Gasteiger partial charge in [-0.25, -0.2) is 0 Å². The number of hydrogen-bond donors (Lipinski definition) is 1. The molecule has 4 saturated carbocycles. The van der Waals surface area contributed by atoms with E-state index in [0.29, 0.717) is 23.7 Å². The number of carboxylic acids is 1. The Morgan fingerprint density at radius 3 is 2.23 bits per heavy atom. The molecule has 0 spiro atoms. The Morgan fingerprint density at radius 1 is 0.830 bits per heavy atom. The number of esters is 1. The van der Waals surface area contributed by atoms with Crippen molar-refractivity contribution in [2.75, 3.05) is 38.2 Å². The number of para-hydroxylation sites is 2. The number of hydrogen-bond acceptors (Lipinski definition) is 6. The molecule has 7 rings (SSSR count). The van der Waals surface area contributed by atoms with Gasteiger partial charge in [-0.1, -0.05) is 72.2 Å². The number of anilines is 1. The minimum Gasteiger partial charge on any atom is -0.495 e. The van der Waals surface area contributed by atoms with Gasteiger partial charge in [-0.3, -0.25) is 14.4 Å². The highest BCUT2D eigenvalue weighted by Gasteiger charge is 2.68. The monoisotopic (exact) mass is 730 g/mol. The van der Waals surface area contributed by atoms with E-state index in [1.165, 1.54) is 12.8 Å². The average molecular weight is 731 g/mol. The summed E-state index contributed by atoms with van der Waals surface area (Å²) in [4.78, 5) is 42.9. The number of amides is 1. The summed E-state index contributed by atoms with van der Waals surface area (Å²) in [5.41, 5.74) is 2.80. The maximum absolute atomic E-state index is 14.6. The lowest BCUT2D eigenvalue weighted by Gasteiger charge is -2.71. The molecule has 0 unspecified atom stereocenters. The number of piperazine rings is 1. The molecule has 1 heterocycles. The zero-order valence-corrected chi connectivity index (χ0v) is 33.9. The van der Waals surface area contributed by atoms with Crippen molar-refractivity contribution in [2.45, 2.75) is 132 Å². The van der Waals surface area contributed by atoms with Crippen LogP contribution in [0.3, 0.4) is 0 Å². The molecule has 292 valence electrons. The molecule has 1 aromatic rings. The van der Waals surface area contributed by atoms with Crippen molar-refractivity contribution >= 4 is 23.5 Å². The van der Waals surface area contributed by atoms with Gasteiger partial charge in [0.25, 0.3) is 0 Å². The van der Waals surface area contributed by atoms with Crippen LogP contribution in [0.15, 0.2) is 35.9 Å². The third-order valence-electron chi connectivity index (χ3n) is 17.1. The number of ether oxygens (including phenoxy) is 2. The van der Waals surface area contributed by atoms with Crippen molar-refractivity contribution in [2.24, 2.45) is 50.2 Å². The van der Waals surface area contributed by atoms with E-state index in [9.17, 15) is 14.4 Å². The summed E-state index contributed by atoms with van der Waals surface area (Å²) in [5, 5.41) is 9.10. The van der Waals surface area contributed by atoms with E-state index in [4.69, 9.17) is 14.6 Å². The van der Waals surface area contributed by atoms with Crippen LogP contribution in [0.25, 0.3) is 0 Å². The molecule has 1 aliphatic heterocycles. The fraction of sp³-hybridized carbons (Fsp3) is 0.756. The van der Waals surface area contributed by atoms with Gasteiger partial charge in [-0.2, -0.15) is 0 Å². The third-order valence-corrected chi connectivity index (χ3v) is 17.1. The summed E-state index contributed by atoms with van der Waals surface area (Å²) < 4.78 is 11.7. The summed E-state index contributed by atoms with van der Waals surface area (Å²) >= 11 is 0. The Hall–Kier alpha value is -3.03. The summed E-state index contributed by atoms with van der Waals surface area (Å²) in [6, 6.07) is 8.19. The highest BCUT2D eigenvalue weighted by atomic mass is 16.5. The summed E-state index contributed by atoms with van der Waals surface area (Å²) in [5.74, 6) is 1.26. The van der Waals surface area contributed by atoms with Gasteiger partial charge in [0, 0.05) is 37.0 Å². The second kappa shape index (κ2) is 13.3. The average Bonchev–Trinajstić information content (AvgIpc) is 3.12. The number of allylic oxidation sites excluding steroid dienone is 2. The molecule has 0 aromatic heterocycles. The SMILES string of the molecule is COc1ccccc1N1CCN(C(=O)[C@@]2(C)CC[C@]3(C)CC[C@]4(C)C(=CC[C@@H]5[C@@]6(C)CC[C@H](OC(=O)CCC(=O)O)C(C)(C)[C@@H]6CC[C@]54C)[C@@H]3C2)CC1. The van der Waals surface area contributed by atoms with Gasteiger partial charge < -0.3 is 24.4 Å². The predicted molar refractivity (Wildman–Crippen MR) is 208 cm³/mol. The van der Waals surface area contributed by atoms with Crippen molar-refractivity contribution in [1.29, 1.82) is 0 Å². The van der Waals surface area contributed by atoms with Gasteiger partial charge in [-0.05, 0) is 116 Å². The second-order valence-electron chi connectivity index (χ2n) is 19.9. The van der Waals surface area contributed by atoms with E-state index in [0.717, 1.165) is 89.0 Å². The largest absolute Gasteiger partial charge is 0.495 e. The fourth-order valence-electron chi connectivity index (χ4n) is 13.6. The molecule has 1 N–H and O–H groups in total. The van der Waals surface area contributed by atoms with Crippen LogP contribution in [-0.2, 0) is 19.1 Å². The van der Waals surface area contributed by atoms with Gasteiger partial charge in [0.05, 0.1) is 25.6 Å². The lowest BCUT2D eigenvalue weighted by molar-refractivity contribution is -0.213. The Labute approximate surface area is 318 Å². The number of nitrogens with zero attached hydrogens (tertiary/aromatic N) is 2. The summed E-state index contributed by atoms with van der Waals surface area (Å²) in [6.07, 6.45) is 12.9. The number of fused-ring (bicyclic) bond motifs is 7. The Bertz CT molecular complexity index is 1650. The van der Waals surface area contributed by atoms with Crippen LogP contribution in [-0.4, -0.2) is 67.2 Å². The van der Waals surface area contributed by atoms with Crippen LogP contribution < -0.4 is 9.64 Å². The predicted octanol–water partition coefficient (Wildman–Crippen LogP) is 8.92. The Morgan fingerprint density at radius 2 is 1.53 bits per heavy atom. The zero-order valence-electron chi connectivity index (χ0n) is 33.9. The number of aliphatic carboxylic acids is 1. The zero-order chi connectivity index (χ0) is 38.2. The quantitative estimate of drug-likeness (QED) is 0.221. The van der Waals surface area contributed by atoms with Crippen LogP contribution in [0.1, 0.15) is 126 Å². The van der Waals surface area contributed by atoms with E-state index in [1.54, 1.807) is 12.7 Å². The highest BCUT2D eigenvalue weighted by molar-refractivity contribution is 5.83. The van der Waals surface area contributed by atoms with E-state index < -0.39 is 5.97 Å². The number of rotatable bonds is 7. The van der Waals surface area contributed by atoms with Crippen LogP contribution in [0.4, 0.5) is 5.69 Å². The lowest BCUT2D eigenvalue weighted by Crippen LogP contribution is -2.65. The van der Waals surface area contributed by atoms with Crippen LogP contribution in [0, 0.1) is 50.2 Å². The van der Waals surface area contributed by atoms with E-state index >= 15 is 0 Å². The molecule has 8 heteroatoms. The molecule has 53 heavy (non-hydrogen) atoms. The maximum Gasteiger partial charge on any atom is 0.306 e. The molecule has 9 atom stereocenters. The third kappa shape index (κ3) is 6.02. The highest BCUT2D eigenvalue weighted by Crippen LogP contribution is 2.76. The molecule has 0 radical (unpaired) electrons. The molecule has 8 nitrogen and oxygen atoms in total. The maximum atomic E-state index is 14.6. The molecule has 1 amide bonds. The van der Waals surface area contributed by atoms with Crippen molar-refractivity contribution in [3.05, 3.63) is 35.9 Å². The molecule has 0 bridgehead atoms. The lowest BCUT2D eigenvalue weighted by atomic mass is 9.33. The molecule has 6 aliphatic rings. The van der Waals surface area contributed by atoms with Gasteiger partial charge in [-0.15, -0.1) is 0 Å². The first kappa shape index (κ1) is 38.3. The summed E-state index contributed by atoms with van der Waals surface area (Å²) in [7, 11) is 1.72. The van der Waals surface area contributed by atoms with Crippen molar-refractivity contribution in [3.63, 3.8) is 0 Å². The van der Waals surface area contributed by atoms with Gasteiger partial charge in [0.1, 0.15) is 11.9 Å². The van der Waals surface area contributed by atoms with Crippen molar-refractivity contribution in [1.82, 2.24) is 4.90 Å². The fourth-order valence-corrected chi connectivity index (χ4v) is 13.6. The van der Waals surface area contributed by atoms with Gasteiger partial charge in [0.15, 0.2) is 0 Å². The minimum atomic E-state index is -0.964. The first-order valence-corrected chi connectivity index (χ1v) is 20.7.